The number of nitrogens with zero attached hydrogens (tertiary/aromatic N) is 3. The van der Waals surface area contributed by atoms with Crippen molar-refractivity contribution in [3.05, 3.63) is 77.1 Å². The van der Waals surface area contributed by atoms with E-state index in [0.29, 0.717) is 27.0 Å². The maximum atomic E-state index is 13.4. The fourth-order valence-corrected chi connectivity index (χ4v) is 5.19. The van der Waals surface area contributed by atoms with Gasteiger partial charge in [0.2, 0.25) is 5.91 Å². The van der Waals surface area contributed by atoms with Gasteiger partial charge in [-0.2, -0.15) is 0 Å². The highest BCUT2D eigenvalue weighted by atomic mass is 35.5. The topological polar surface area (TPSA) is 89.5 Å². The number of aromatic nitrogens is 2. The van der Waals surface area contributed by atoms with Crippen LogP contribution in [0, 0.1) is 0 Å². The number of carbonyl (C=O) groups excluding carboxylic acids is 1. The fourth-order valence-electron chi connectivity index (χ4n) is 3.28. The van der Waals surface area contributed by atoms with Gasteiger partial charge in [-0.3, -0.25) is 14.7 Å². The molecule has 0 atom stereocenters. The zero-order chi connectivity index (χ0) is 23.6. The number of carbonyl (C=O) groups is 1. The maximum absolute atomic E-state index is 13.4. The first-order valence-corrected chi connectivity index (χ1v) is 13.0. The lowest BCUT2D eigenvalue weighted by molar-refractivity contribution is -0.118. The van der Waals surface area contributed by atoms with E-state index >= 15 is 0 Å². The lowest BCUT2D eigenvalue weighted by atomic mass is 10.1. The van der Waals surface area contributed by atoms with Crippen molar-refractivity contribution in [3.8, 4) is 5.75 Å². The lowest BCUT2D eigenvalue weighted by Crippen LogP contribution is -2.31. The van der Waals surface area contributed by atoms with Crippen molar-refractivity contribution in [1.29, 1.82) is 0 Å². The number of rotatable bonds is 7. The standard InChI is InChI=1S/C23H20ClN3O4S2/c1-31-19-10-9-18(24)22-21(19)26-23(32-22)27(14-16-4-3-11-25-13-16)20(28)12-15-5-7-17(8-6-15)33(2,29)30/h3-11,13H,12,14H2,1-2H3. The summed E-state index contributed by atoms with van der Waals surface area (Å²) in [6, 6.07) is 13.5. The zero-order valence-corrected chi connectivity index (χ0v) is 20.2. The summed E-state index contributed by atoms with van der Waals surface area (Å²) in [5.41, 5.74) is 2.13. The lowest BCUT2D eigenvalue weighted by Gasteiger charge is -2.20. The second-order valence-electron chi connectivity index (χ2n) is 7.36. The fraction of sp³-hybridized carbons (Fsp3) is 0.174. The first kappa shape index (κ1) is 23.2. The number of pyridine rings is 1. The van der Waals surface area contributed by atoms with E-state index < -0.39 is 9.84 Å². The second-order valence-corrected chi connectivity index (χ2v) is 10.8. The van der Waals surface area contributed by atoms with Crippen LogP contribution in [0.25, 0.3) is 10.2 Å². The molecule has 0 saturated carbocycles. The quantitative estimate of drug-likeness (QED) is 0.369. The van der Waals surface area contributed by atoms with Crippen LogP contribution in [0.15, 0.2) is 65.8 Å². The summed E-state index contributed by atoms with van der Waals surface area (Å²) in [6.45, 7) is 0.272. The van der Waals surface area contributed by atoms with Crippen molar-refractivity contribution in [2.24, 2.45) is 0 Å². The molecule has 0 saturated heterocycles. The molecular formula is C23H20ClN3O4S2. The largest absolute Gasteiger partial charge is 0.494 e. The van der Waals surface area contributed by atoms with Gasteiger partial charge < -0.3 is 4.74 Å². The molecule has 0 fully saturated rings. The van der Waals surface area contributed by atoms with Crippen LogP contribution in [0.4, 0.5) is 5.13 Å². The number of halogens is 1. The molecule has 1 amide bonds. The predicted octanol–water partition coefficient (Wildman–Crippen LogP) is 4.53. The Labute approximate surface area is 200 Å². The summed E-state index contributed by atoms with van der Waals surface area (Å²) in [5.74, 6) is 0.377. The summed E-state index contributed by atoms with van der Waals surface area (Å²) >= 11 is 7.69. The van der Waals surface area contributed by atoms with Crippen molar-refractivity contribution in [2.45, 2.75) is 17.9 Å². The Morgan fingerprint density at radius 3 is 2.52 bits per heavy atom. The van der Waals surface area contributed by atoms with Gasteiger partial charge >= 0.3 is 0 Å². The Bertz CT molecular complexity index is 1410. The van der Waals surface area contributed by atoms with Crippen LogP contribution in [-0.2, 0) is 27.6 Å². The van der Waals surface area contributed by atoms with Gasteiger partial charge in [0.15, 0.2) is 15.0 Å². The number of amides is 1. The second kappa shape index (κ2) is 9.46. The van der Waals surface area contributed by atoms with Gasteiger partial charge in [-0.05, 0) is 41.5 Å². The molecule has 2 aromatic carbocycles. The van der Waals surface area contributed by atoms with E-state index in [2.05, 4.69) is 9.97 Å². The molecule has 2 aromatic heterocycles. The van der Waals surface area contributed by atoms with Gasteiger partial charge in [0.05, 0.1) is 34.7 Å². The molecule has 0 unspecified atom stereocenters. The van der Waals surface area contributed by atoms with E-state index in [1.807, 2.05) is 6.07 Å². The summed E-state index contributed by atoms with van der Waals surface area (Å²) < 4.78 is 29.6. The highest BCUT2D eigenvalue weighted by Crippen LogP contribution is 2.39. The van der Waals surface area contributed by atoms with E-state index in [1.54, 1.807) is 54.7 Å². The van der Waals surface area contributed by atoms with Gasteiger partial charge in [-0.25, -0.2) is 13.4 Å². The minimum Gasteiger partial charge on any atom is -0.494 e. The number of hydrogen-bond donors (Lipinski definition) is 0. The van der Waals surface area contributed by atoms with Crippen LogP contribution < -0.4 is 9.64 Å². The third-order valence-corrected chi connectivity index (χ3v) is 7.64. The van der Waals surface area contributed by atoms with Crippen molar-refractivity contribution >= 4 is 54.0 Å². The molecule has 33 heavy (non-hydrogen) atoms. The molecule has 170 valence electrons. The average molecular weight is 502 g/mol. The molecule has 0 aliphatic rings. The summed E-state index contributed by atoms with van der Waals surface area (Å²) in [5, 5.41) is 1.01. The molecular weight excluding hydrogens is 482 g/mol. The Morgan fingerprint density at radius 1 is 1.12 bits per heavy atom. The SMILES string of the molecule is COc1ccc(Cl)c2sc(N(Cc3cccnc3)C(=O)Cc3ccc(S(C)(=O)=O)cc3)nc12. The minimum atomic E-state index is -3.31. The number of benzene rings is 2. The smallest absolute Gasteiger partial charge is 0.233 e. The third-order valence-electron chi connectivity index (χ3n) is 4.97. The Balaban J connectivity index is 1.70. The number of fused-ring (bicyclic) bond motifs is 1. The first-order valence-electron chi connectivity index (χ1n) is 9.87. The van der Waals surface area contributed by atoms with Crippen LogP contribution in [0.1, 0.15) is 11.1 Å². The van der Waals surface area contributed by atoms with Crippen LogP contribution in [0.5, 0.6) is 5.75 Å². The summed E-state index contributed by atoms with van der Waals surface area (Å²) in [4.78, 5) is 24.0. The number of ether oxygens (including phenoxy) is 1. The molecule has 0 bridgehead atoms. The predicted molar refractivity (Wildman–Crippen MR) is 130 cm³/mol. The van der Waals surface area contributed by atoms with Gasteiger partial charge in [0.1, 0.15) is 11.3 Å². The van der Waals surface area contributed by atoms with Crippen molar-refractivity contribution in [1.82, 2.24) is 9.97 Å². The first-order chi connectivity index (χ1) is 15.8. The van der Waals surface area contributed by atoms with Gasteiger partial charge in [-0.15, -0.1) is 0 Å². The van der Waals surface area contributed by atoms with Crippen molar-refractivity contribution < 1.29 is 17.9 Å². The molecule has 0 radical (unpaired) electrons. The highest BCUT2D eigenvalue weighted by molar-refractivity contribution is 7.90. The molecule has 0 N–H and O–H groups in total. The maximum Gasteiger partial charge on any atom is 0.233 e. The molecule has 0 aliphatic carbocycles. The Kier molecular flexibility index (Phi) is 6.64. The summed E-state index contributed by atoms with van der Waals surface area (Å²) in [6.07, 6.45) is 4.59. The number of methoxy groups -OCH3 is 1. The van der Waals surface area contributed by atoms with Crippen LogP contribution >= 0.6 is 22.9 Å². The molecule has 7 nitrogen and oxygen atoms in total. The highest BCUT2D eigenvalue weighted by Gasteiger charge is 2.23. The molecule has 0 aliphatic heterocycles. The van der Waals surface area contributed by atoms with E-state index in [0.717, 1.165) is 16.5 Å². The average Bonchev–Trinajstić information content (AvgIpc) is 3.24. The van der Waals surface area contributed by atoms with Gasteiger partial charge in [0.25, 0.3) is 0 Å². The Hall–Kier alpha value is -3.01. The van der Waals surface area contributed by atoms with E-state index in [-0.39, 0.29) is 23.8 Å². The molecule has 4 rings (SSSR count). The number of hydrogen-bond acceptors (Lipinski definition) is 7. The van der Waals surface area contributed by atoms with Crippen molar-refractivity contribution in [2.75, 3.05) is 18.3 Å². The van der Waals surface area contributed by atoms with Crippen LogP contribution in [-0.4, -0.2) is 37.7 Å². The normalized spacial score (nSPS) is 11.5. The molecule has 10 heteroatoms. The van der Waals surface area contributed by atoms with Gasteiger partial charge in [-0.1, -0.05) is 41.1 Å². The summed E-state index contributed by atoms with van der Waals surface area (Å²) in [7, 11) is -1.75. The van der Waals surface area contributed by atoms with E-state index in [4.69, 9.17) is 16.3 Å². The van der Waals surface area contributed by atoms with Crippen LogP contribution in [0.3, 0.4) is 0 Å². The molecule has 2 heterocycles. The zero-order valence-electron chi connectivity index (χ0n) is 17.9. The monoisotopic (exact) mass is 501 g/mol. The number of thiazole rings is 1. The molecule has 4 aromatic rings. The minimum absolute atomic E-state index is 0.0745. The molecule has 0 spiro atoms. The Morgan fingerprint density at radius 2 is 1.88 bits per heavy atom. The van der Waals surface area contributed by atoms with Crippen molar-refractivity contribution in [3.63, 3.8) is 0 Å². The van der Waals surface area contributed by atoms with E-state index in [1.165, 1.54) is 23.5 Å². The number of anilines is 1. The van der Waals surface area contributed by atoms with Crippen LogP contribution in [0.2, 0.25) is 5.02 Å². The van der Waals surface area contributed by atoms with Gasteiger partial charge in [0, 0.05) is 18.6 Å². The number of sulfone groups is 1. The third kappa shape index (κ3) is 5.16. The van der Waals surface area contributed by atoms with E-state index in [9.17, 15) is 13.2 Å².